The van der Waals surface area contributed by atoms with Gasteiger partial charge in [0.1, 0.15) is 0 Å². The van der Waals surface area contributed by atoms with E-state index in [0.717, 1.165) is 11.8 Å². The Bertz CT molecular complexity index is 171. The van der Waals surface area contributed by atoms with Crippen molar-refractivity contribution in [1.82, 2.24) is 0 Å². The van der Waals surface area contributed by atoms with Gasteiger partial charge in [-0.05, 0) is 23.7 Å². The maximum absolute atomic E-state index is 6.23. The van der Waals surface area contributed by atoms with Crippen molar-refractivity contribution in [2.24, 2.45) is 17.3 Å². The Morgan fingerprint density at radius 3 is 2.18 bits per heavy atom. The summed E-state index contributed by atoms with van der Waals surface area (Å²) in [7, 11) is 6.23. The van der Waals surface area contributed by atoms with E-state index >= 15 is 0 Å². The molecule has 0 aliphatic heterocycles. The molecule has 3 atom stereocenters. The first-order valence-corrected chi connectivity index (χ1v) is 4.73. The van der Waals surface area contributed by atoms with Gasteiger partial charge in [-0.2, -0.15) is 0 Å². The summed E-state index contributed by atoms with van der Waals surface area (Å²) in [6.45, 7) is 7.00. The molecule has 0 aromatic carbocycles. The van der Waals surface area contributed by atoms with Crippen molar-refractivity contribution >= 4 is 7.85 Å². The van der Waals surface area contributed by atoms with E-state index in [1.807, 2.05) is 0 Å². The second-order valence-electron chi connectivity index (χ2n) is 5.35. The van der Waals surface area contributed by atoms with Crippen molar-refractivity contribution in [2.75, 3.05) is 0 Å². The van der Waals surface area contributed by atoms with Crippen LogP contribution in [0.15, 0.2) is 0 Å². The van der Waals surface area contributed by atoms with Crippen molar-refractivity contribution in [3.8, 4) is 0 Å². The molecule has 3 unspecified atom stereocenters. The van der Waals surface area contributed by atoms with Crippen LogP contribution < -0.4 is 0 Å². The van der Waals surface area contributed by atoms with E-state index in [9.17, 15) is 0 Å². The second kappa shape index (κ2) is 1.86. The molecule has 11 heavy (non-hydrogen) atoms. The molecule has 0 N–H and O–H groups in total. The molecule has 0 aromatic rings. The summed E-state index contributed by atoms with van der Waals surface area (Å²) in [5, 5.41) is 0.137. The van der Waals surface area contributed by atoms with Crippen LogP contribution in [0.3, 0.4) is 0 Å². The Balaban J connectivity index is 2.23. The predicted molar refractivity (Wildman–Crippen MR) is 48.7 cm³/mol. The number of rotatable bonds is 0. The zero-order chi connectivity index (χ0) is 8.28. The predicted octanol–water partition coefficient (Wildman–Crippen LogP) is 2.79. The number of fused-ring (bicyclic) bond motifs is 2. The SMILES string of the molecule is [B]C1(C)CCC2CC1C2(C)C. The van der Waals surface area contributed by atoms with Gasteiger partial charge in [-0.15, -0.1) is 0 Å². The summed E-state index contributed by atoms with van der Waals surface area (Å²) >= 11 is 0. The molecule has 0 aromatic heterocycles. The lowest BCUT2D eigenvalue weighted by molar-refractivity contribution is -0.0909. The molecule has 0 nitrogen and oxygen atoms in total. The minimum absolute atomic E-state index is 0.137. The van der Waals surface area contributed by atoms with Gasteiger partial charge in [0.25, 0.3) is 0 Å². The van der Waals surface area contributed by atoms with Gasteiger partial charge in [-0.3, -0.25) is 0 Å². The van der Waals surface area contributed by atoms with E-state index in [0.29, 0.717) is 5.41 Å². The minimum Gasteiger partial charge on any atom is -0.0673 e. The van der Waals surface area contributed by atoms with Crippen molar-refractivity contribution in [1.29, 1.82) is 0 Å². The molecule has 60 valence electrons. The molecule has 2 radical (unpaired) electrons. The number of hydrogen-bond donors (Lipinski definition) is 0. The highest BCUT2D eigenvalue weighted by Crippen LogP contribution is 2.67. The van der Waals surface area contributed by atoms with Gasteiger partial charge in [0.05, 0.1) is 7.85 Å². The molecule has 3 rings (SSSR count). The van der Waals surface area contributed by atoms with Gasteiger partial charge in [-0.1, -0.05) is 38.9 Å². The molecular formula is C10H17B. The average molecular weight is 148 g/mol. The lowest BCUT2D eigenvalue weighted by Gasteiger charge is -2.64. The van der Waals surface area contributed by atoms with Crippen LogP contribution >= 0.6 is 0 Å². The van der Waals surface area contributed by atoms with Crippen molar-refractivity contribution < 1.29 is 0 Å². The first-order chi connectivity index (χ1) is 4.94. The summed E-state index contributed by atoms with van der Waals surface area (Å²) in [6, 6.07) is 0. The first-order valence-electron chi connectivity index (χ1n) is 4.73. The lowest BCUT2D eigenvalue weighted by atomic mass is 9.36. The molecule has 3 aliphatic carbocycles. The van der Waals surface area contributed by atoms with Gasteiger partial charge in [-0.25, -0.2) is 0 Å². The summed E-state index contributed by atoms with van der Waals surface area (Å²) in [5.74, 6) is 1.76. The number of hydrogen-bond acceptors (Lipinski definition) is 0. The third-order valence-corrected chi connectivity index (χ3v) is 4.30. The van der Waals surface area contributed by atoms with Gasteiger partial charge >= 0.3 is 0 Å². The van der Waals surface area contributed by atoms with Crippen molar-refractivity contribution in [3.05, 3.63) is 0 Å². The molecular weight excluding hydrogens is 131 g/mol. The largest absolute Gasteiger partial charge is 0.0746 e. The van der Waals surface area contributed by atoms with Crippen LogP contribution in [0.4, 0.5) is 0 Å². The zero-order valence-electron chi connectivity index (χ0n) is 7.85. The van der Waals surface area contributed by atoms with Gasteiger partial charge < -0.3 is 0 Å². The highest BCUT2D eigenvalue weighted by molar-refractivity contribution is 6.15. The van der Waals surface area contributed by atoms with E-state index in [1.54, 1.807) is 0 Å². The van der Waals surface area contributed by atoms with Crippen LogP contribution in [0.25, 0.3) is 0 Å². The fourth-order valence-corrected chi connectivity index (χ4v) is 3.28. The molecule has 0 saturated heterocycles. The maximum atomic E-state index is 6.23. The highest BCUT2D eigenvalue weighted by Gasteiger charge is 2.56. The fourth-order valence-electron chi connectivity index (χ4n) is 3.28. The molecule has 3 aliphatic rings. The molecule has 0 spiro atoms. The van der Waals surface area contributed by atoms with E-state index in [4.69, 9.17) is 7.85 Å². The van der Waals surface area contributed by atoms with Crippen LogP contribution in [0, 0.1) is 17.3 Å². The normalized spacial score (nSPS) is 53.4. The Morgan fingerprint density at radius 2 is 1.91 bits per heavy atom. The van der Waals surface area contributed by atoms with Crippen LogP contribution in [0.5, 0.6) is 0 Å². The summed E-state index contributed by atoms with van der Waals surface area (Å²) in [4.78, 5) is 0. The standard InChI is InChI=1S/C10H17B/c1-9(2)7-4-5-10(3,11)8(9)6-7/h7-8H,4-6H2,1-3H3. The smallest absolute Gasteiger partial charge is 0.0673 e. The molecule has 3 saturated carbocycles. The zero-order valence-corrected chi connectivity index (χ0v) is 7.85. The third-order valence-electron chi connectivity index (χ3n) is 4.30. The Kier molecular flexibility index (Phi) is 1.30. The van der Waals surface area contributed by atoms with Gasteiger partial charge in [0.15, 0.2) is 0 Å². The van der Waals surface area contributed by atoms with E-state index in [2.05, 4.69) is 20.8 Å². The van der Waals surface area contributed by atoms with Crippen LogP contribution in [-0.4, -0.2) is 7.85 Å². The van der Waals surface area contributed by atoms with E-state index in [1.165, 1.54) is 19.3 Å². The van der Waals surface area contributed by atoms with Crippen LogP contribution in [0.2, 0.25) is 5.31 Å². The van der Waals surface area contributed by atoms with E-state index in [-0.39, 0.29) is 5.31 Å². The molecule has 1 heteroatoms. The molecule has 0 amide bonds. The Labute approximate surface area is 71.2 Å². The van der Waals surface area contributed by atoms with Gasteiger partial charge in [0.2, 0.25) is 0 Å². The van der Waals surface area contributed by atoms with Crippen LogP contribution in [-0.2, 0) is 0 Å². The van der Waals surface area contributed by atoms with E-state index < -0.39 is 0 Å². The quantitative estimate of drug-likeness (QED) is 0.463. The van der Waals surface area contributed by atoms with Crippen LogP contribution in [0.1, 0.15) is 40.0 Å². The summed E-state index contributed by atoms with van der Waals surface area (Å²) < 4.78 is 0. The van der Waals surface area contributed by atoms with Crippen molar-refractivity contribution in [3.63, 3.8) is 0 Å². The summed E-state index contributed by atoms with van der Waals surface area (Å²) in [6.07, 6.45) is 3.99. The topological polar surface area (TPSA) is 0 Å². The lowest BCUT2D eigenvalue weighted by Crippen LogP contribution is -2.54. The Morgan fingerprint density at radius 1 is 1.27 bits per heavy atom. The third kappa shape index (κ3) is 0.831. The second-order valence-corrected chi connectivity index (χ2v) is 5.35. The van der Waals surface area contributed by atoms with Gasteiger partial charge in [0, 0.05) is 0 Å². The van der Waals surface area contributed by atoms with Crippen molar-refractivity contribution in [2.45, 2.75) is 45.3 Å². The average Bonchev–Trinajstić information content (AvgIpc) is 1.84. The highest BCUT2D eigenvalue weighted by atomic mass is 14.6. The maximum Gasteiger partial charge on any atom is 0.0746 e. The summed E-state index contributed by atoms with van der Waals surface area (Å²) in [5.41, 5.74) is 0.543. The monoisotopic (exact) mass is 148 g/mol. The molecule has 2 bridgehead atoms. The minimum atomic E-state index is 0.137. The molecule has 0 heterocycles. The molecule has 3 fully saturated rings. The fraction of sp³-hybridized carbons (Fsp3) is 1.00. The Hall–Kier alpha value is 0.0649. The first kappa shape index (κ1) is 7.70.